The lowest BCUT2D eigenvalue weighted by Crippen LogP contribution is -2.25. The maximum Gasteiger partial charge on any atom is 0.275 e. The number of anilines is 1. The summed E-state index contributed by atoms with van der Waals surface area (Å²) in [6.07, 6.45) is 5.38. The van der Waals surface area contributed by atoms with Crippen molar-refractivity contribution in [2.75, 3.05) is 18.5 Å². The second kappa shape index (κ2) is 7.89. The molecule has 2 aliphatic rings. The molecule has 148 valence electrons. The van der Waals surface area contributed by atoms with Gasteiger partial charge in [0.1, 0.15) is 11.4 Å². The number of carbonyl (C=O) groups is 2. The predicted octanol–water partition coefficient (Wildman–Crippen LogP) is 2.59. The fourth-order valence-electron chi connectivity index (χ4n) is 3.43. The van der Waals surface area contributed by atoms with Gasteiger partial charge in [0.25, 0.3) is 11.8 Å². The van der Waals surface area contributed by atoms with Crippen LogP contribution in [0.3, 0.4) is 0 Å². The van der Waals surface area contributed by atoms with E-state index in [0.717, 1.165) is 44.6 Å². The van der Waals surface area contributed by atoms with Crippen molar-refractivity contribution in [1.82, 2.24) is 14.8 Å². The topological polar surface area (TPSA) is 112 Å². The lowest BCUT2D eigenvalue weighted by Gasteiger charge is -2.22. The number of hydrogen-bond donors (Lipinski definition) is 2. The van der Waals surface area contributed by atoms with Gasteiger partial charge in [-0.1, -0.05) is 11.6 Å². The molecule has 0 aromatic carbocycles. The Morgan fingerprint density at radius 1 is 1.29 bits per heavy atom. The predicted molar refractivity (Wildman–Crippen MR) is 103 cm³/mol. The van der Waals surface area contributed by atoms with Crippen LogP contribution >= 0.6 is 11.6 Å². The highest BCUT2D eigenvalue weighted by atomic mass is 35.5. The van der Waals surface area contributed by atoms with Crippen molar-refractivity contribution in [2.24, 2.45) is 11.7 Å². The van der Waals surface area contributed by atoms with Gasteiger partial charge in [0.2, 0.25) is 0 Å². The van der Waals surface area contributed by atoms with Crippen molar-refractivity contribution in [3.05, 3.63) is 40.4 Å². The Labute approximate surface area is 167 Å². The van der Waals surface area contributed by atoms with Crippen LogP contribution in [-0.4, -0.2) is 39.8 Å². The number of pyridine rings is 1. The number of carbonyl (C=O) groups excluding carboxylic acids is 2. The molecular formula is C19H22ClN5O3. The minimum atomic E-state index is -0.658. The normalized spacial score (nSPS) is 17.5. The van der Waals surface area contributed by atoms with E-state index in [1.807, 2.05) is 0 Å². The third-order valence-corrected chi connectivity index (χ3v) is 5.51. The number of nitrogens with zero attached hydrogens (tertiary/aromatic N) is 3. The number of amides is 2. The average molecular weight is 404 g/mol. The highest BCUT2D eigenvalue weighted by molar-refractivity contribution is 6.35. The smallest absolute Gasteiger partial charge is 0.275 e. The molecule has 28 heavy (non-hydrogen) atoms. The first kappa shape index (κ1) is 18.9. The van der Waals surface area contributed by atoms with E-state index in [0.29, 0.717) is 34.8 Å². The first-order chi connectivity index (χ1) is 13.5. The summed E-state index contributed by atoms with van der Waals surface area (Å²) in [4.78, 5) is 28.2. The van der Waals surface area contributed by atoms with E-state index in [1.165, 1.54) is 12.3 Å². The SMILES string of the molecule is NC(=O)c1cc(NC(=O)c2c(Cl)c(C3CC3)nn2CC2CCOCC2)ccn1. The lowest BCUT2D eigenvalue weighted by atomic mass is 10.0. The molecular weight excluding hydrogens is 382 g/mol. The molecule has 1 aliphatic heterocycles. The summed E-state index contributed by atoms with van der Waals surface area (Å²) in [5.74, 6) is -0.295. The van der Waals surface area contributed by atoms with E-state index >= 15 is 0 Å². The summed E-state index contributed by atoms with van der Waals surface area (Å²) in [6, 6.07) is 3.04. The highest BCUT2D eigenvalue weighted by Crippen LogP contribution is 2.43. The molecule has 2 aromatic heterocycles. The van der Waals surface area contributed by atoms with Crippen molar-refractivity contribution >= 4 is 29.1 Å². The molecule has 4 rings (SSSR count). The van der Waals surface area contributed by atoms with Gasteiger partial charge in [-0.3, -0.25) is 19.3 Å². The number of ether oxygens (including phenoxy) is 1. The van der Waals surface area contributed by atoms with Crippen molar-refractivity contribution in [3.63, 3.8) is 0 Å². The van der Waals surface area contributed by atoms with E-state index in [9.17, 15) is 9.59 Å². The first-order valence-electron chi connectivity index (χ1n) is 9.44. The Morgan fingerprint density at radius 3 is 2.71 bits per heavy atom. The Balaban J connectivity index is 1.60. The summed E-state index contributed by atoms with van der Waals surface area (Å²) >= 11 is 6.57. The molecule has 3 heterocycles. The van der Waals surface area contributed by atoms with Crippen LogP contribution in [0.2, 0.25) is 5.02 Å². The number of nitrogens with two attached hydrogens (primary N) is 1. The molecule has 2 amide bonds. The van der Waals surface area contributed by atoms with Crippen molar-refractivity contribution in [2.45, 2.75) is 38.1 Å². The average Bonchev–Trinajstić information content (AvgIpc) is 3.47. The Bertz CT molecular complexity index is 903. The molecule has 2 fully saturated rings. The van der Waals surface area contributed by atoms with Gasteiger partial charge in [-0.15, -0.1) is 0 Å². The molecule has 0 bridgehead atoms. The fourth-order valence-corrected chi connectivity index (χ4v) is 3.81. The second-order valence-electron chi connectivity index (χ2n) is 7.31. The highest BCUT2D eigenvalue weighted by Gasteiger charge is 2.33. The van der Waals surface area contributed by atoms with Crippen LogP contribution in [0.1, 0.15) is 58.3 Å². The standard InChI is InChI=1S/C19H22ClN5O3/c20-15-16(12-1-2-12)24-25(10-11-4-7-28-8-5-11)17(15)19(27)23-13-3-6-22-14(9-13)18(21)26/h3,6,9,11-12H,1-2,4-5,7-8,10H2,(H2,21,26)(H,22,23,27). The minimum absolute atomic E-state index is 0.0817. The van der Waals surface area contributed by atoms with Crippen LogP contribution in [0.5, 0.6) is 0 Å². The van der Waals surface area contributed by atoms with Gasteiger partial charge in [-0.25, -0.2) is 0 Å². The van der Waals surface area contributed by atoms with Crippen LogP contribution in [0.15, 0.2) is 18.3 Å². The molecule has 1 saturated carbocycles. The Hall–Kier alpha value is -2.45. The Morgan fingerprint density at radius 2 is 2.04 bits per heavy atom. The zero-order valence-corrected chi connectivity index (χ0v) is 16.1. The lowest BCUT2D eigenvalue weighted by molar-refractivity contribution is 0.0597. The molecule has 9 heteroatoms. The molecule has 0 radical (unpaired) electrons. The summed E-state index contributed by atoms with van der Waals surface area (Å²) < 4.78 is 7.16. The summed E-state index contributed by atoms with van der Waals surface area (Å²) in [5, 5.41) is 7.87. The van der Waals surface area contributed by atoms with Gasteiger partial charge in [0, 0.05) is 37.6 Å². The van der Waals surface area contributed by atoms with E-state index < -0.39 is 5.91 Å². The second-order valence-corrected chi connectivity index (χ2v) is 7.69. The fraction of sp³-hybridized carbons (Fsp3) is 0.474. The number of aromatic nitrogens is 3. The molecule has 0 spiro atoms. The monoisotopic (exact) mass is 403 g/mol. The minimum Gasteiger partial charge on any atom is -0.381 e. The van der Waals surface area contributed by atoms with Crippen LogP contribution in [0.25, 0.3) is 0 Å². The quantitative estimate of drug-likeness (QED) is 0.769. The van der Waals surface area contributed by atoms with Gasteiger partial charge in [0.05, 0.1) is 10.7 Å². The van der Waals surface area contributed by atoms with Crippen molar-refractivity contribution < 1.29 is 14.3 Å². The van der Waals surface area contributed by atoms with Crippen molar-refractivity contribution in [1.29, 1.82) is 0 Å². The molecule has 0 atom stereocenters. The summed E-state index contributed by atoms with van der Waals surface area (Å²) in [5.41, 5.74) is 6.92. The van der Waals surface area contributed by atoms with E-state index in [-0.39, 0.29) is 11.6 Å². The summed E-state index contributed by atoms with van der Waals surface area (Å²) in [6.45, 7) is 2.08. The van der Waals surface area contributed by atoms with E-state index in [4.69, 9.17) is 22.1 Å². The van der Waals surface area contributed by atoms with Gasteiger partial charge in [-0.2, -0.15) is 5.10 Å². The van der Waals surface area contributed by atoms with Gasteiger partial charge in [0.15, 0.2) is 0 Å². The number of primary amides is 1. The molecule has 1 aliphatic carbocycles. The van der Waals surface area contributed by atoms with E-state index in [1.54, 1.807) is 10.7 Å². The number of halogens is 1. The maximum absolute atomic E-state index is 13.0. The van der Waals surface area contributed by atoms with Crippen LogP contribution in [0.4, 0.5) is 5.69 Å². The molecule has 8 nitrogen and oxygen atoms in total. The number of rotatable bonds is 6. The number of hydrogen-bond acceptors (Lipinski definition) is 5. The third-order valence-electron chi connectivity index (χ3n) is 5.14. The first-order valence-corrected chi connectivity index (χ1v) is 9.82. The van der Waals surface area contributed by atoms with Crippen molar-refractivity contribution in [3.8, 4) is 0 Å². The largest absolute Gasteiger partial charge is 0.381 e. The summed E-state index contributed by atoms with van der Waals surface area (Å²) in [7, 11) is 0. The molecule has 3 N–H and O–H groups in total. The maximum atomic E-state index is 13.0. The zero-order chi connectivity index (χ0) is 19.7. The molecule has 1 saturated heterocycles. The Kier molecular flexibility index (Phi) is 5.32. The van der Waals surface area contributed by atoms with Crippen LogP contribution in [0, 0.1) is 5.92 Å². The van der Waals surface area contributed by atoms with E-state index in [2.05, 4.69) is 15.4 Å². The zero-order valence-electron chi connectivity index (χ0n) is 15.4. The third kappa shape index (κ3) is 4.02. The van der Waals surface area contributed by atoms with Gasteiger partial charge < -0.3 is 15.8 Å². The molecule has 2 aromatic rings. The molecule has 0 unspecified atom stereocenters. The van der Waals surface area contributed by atoms with Gasteiger partial charge >= 0.3 is 0 Å². The number of nitrogens with one attached hydrogen (secondary N) is 1. The van der Waals surface area contributed by atoms with Crippen LogP contribution in [-0.2, 0) is 11.3 Å². The van der Waals surface area contributed by atoms with Gasteiger partial charge in [-0.05, 0) is 43.7 Å². The van der Waals surface area contributed by atoms with Crippen LogP contribution < -0.4 is 11.1 Å².